The van der Waals surface area contributed by atoms with Crippen LogP contribution in [0.3, 0.4) is 0 Å². The van der Waals surface area contributed by atoms with Crippen LogP contribution < -0.4 is 10.2 Å². The van der Waals surface area contributed by atoms with E-state index in [-0.39, 0.29) is 23.5 Å². The molecule has 4 aliphatic heterocycles. The number of carbonyl (C=O) groups excluding carboxylic acids is 3. The van der Waals surface area contributed by atoms with Crippen molar-refractivity contribution in [1.29, 1.82) is 0 Å². The monoisotopic (exact) mass is 480 g/mol. The van der Waals surface area contributed by atoms with E-state index in [1.807, 2.05) is 17.9 Å². The number of benzene rings is 2. The van der Waals surface area contributed by atoms with Crippen LogP contribution in [0.1, 0.15) is 29.5 Å². The summed E-state index contributed by atoms with van der Waals surface area (Å²) in [4.78, 5) is 55.4. The molecule has 3 fully saturated rings. The van der Waals surface area contributed by atoms with Gasteiger partial charge in [-0.15, -0.1) is 0 Å². The summed E-state index contributed by atoms with van der Waals surface area (Å²) in [6.45, 7) is 4.12. The molecule has 0 aliphatic carbocycles. The zero-order chi connectivity index (χ0) is 24.1. The predicted molar refractivity (Wildman–Crippen MR) is 124 cm³/mol. The van der Waals surface area contributed by atoms with Gasteiger partial charge in [-0.05, 0) is 56.5 Å². The van der Waals surface area contributed by atoms with Gasteiger partial charge in [0.2, 0.25) is 11.8 Å². The van der Waals surface area contributed by atoms with E-state index in [2.05, 4.69) is 5.32 Å². The van der Waals surface area contributed by atoms with Gasteiger partial charge in [-0.2, -0.15) is 0 Å². The van der Waals surface area contributed by atoms with Crippen LogP contribution in [-0.4, -0.2) is 40.1 Å². The number of hydrogen-bond donors (Lipinski definition) is 1. The largest absolute Gasteiger partial charge is 0.323 e. The third-order valence-corrected chi connectivity index (χ3v) is 8.13. The van der Waals surface area contributed by atoms with Gasteiger partial charge in [0.25, 0.3) is 11.6 Å². The number of carbonyl (C=O) groups is 3. The maximum absolute atomic E-state index is 14.0. The number of nitro groups is 1. The molecule has 0 radical (unpaired) electrons. The zero-order valence-corrected chi connectivity index (χ0v) is 19.3. The lowest BCUT2D eigenvalue weighted by Gasteiger charge is -2.37. The van der Waals surface area contributed by atoms with Crippen LogP contribution >= 0.6 is 11.6 Å². The minimum Gasteiger partial charge on any atom is -0.323 e. The molecule has 2 aromatic carbocycles. The van der Waals surface area contributed by atoms with Gasteiger partial charge in [-0.25, -0.2) is 4.90 Å². The third-order valence-electron chi connectivity index (χ3n) is 7.83. The summed E-state index contributed by atoms with van der Waals surface area (Å²) in [5.74, 6) is -2.74. The van der Waals surface area contributed by atoms with Crippen molar-refractivity contribution in [1.82, 2.24) is 4.90 Å². The highest BCUT2D eigenvalue weighted by atomic mass is 35.5. The highest BCUT2D eigenvalue weighted by molar-refractivity contribution is 6.35. The first-order chi connectivity index (χ1) is 16.2. The summed E-state index contributed by atoms with van der Waals surface area (Å²) in [7, 11) is 0. The van der Waals surface area contributed by atoms with Gasteiger partial charge < -0.3 is 5.32 Å². The van der Waals surface area contributed by atoms with Gasteiger partial charge in [0.1, 0.15) is 5.54 Å². The summed E-state index contributed by atoms with van der Waals surface area (Å²) in [6, 6.07) is 7.47. The van der Waals surface area contributed by atoms with Crippen LogP contribution in [0, 0.1) is 35.8 Å². The fourth-order valence-electron chi connectivity index (χ4n) is 6.64. The van der Waals surface area contributed by atoms with Crippen molar-refractivity contribution in [3.63, 3.8) is 0 Å². The van der Waals surface area contributed by atoms with E-state index in [0.29, 0.717) is 40.5 Å². The molecular formula is C24H21ClN4O5. The van der Waals surface area contributed by atoms with Crippen molar-refractivity contribution < 1.29 is 19.3 Å². The zero-order valence-electron chi connectivity index (χ0n) is 18.5. The Morgan fingerprint density at radius 3 is 2.62 bits per heavy atom. The normalized spacial score (nSPS) is 29.6. The molecule has 4 atom stereocenters. The number of imide groups is 1. The molecule has 0 unspecified atom stereocenters. The first-order valence-electron chi connectivity index (χ1n) is 11.2. The maximum Gasteiger partial charge on any atom is 0.269 e. The number of halogens is 1. The number of aryl methyl sites for hydroxylation is 2. The first kappa shape index (κ1) is 21.2. The second kappa shape index (κ2) is 6.86. The number of amides is 3. The number of nitrogens with zero attached hydrogens (tertiary/aromatic N) is 3. The number of nitrogens with one attached hydrogen (secondary N) is 1. The molecule has 1 N–H and O–H groups in total. The summed E-state index contributed by atoms with van der Waals surface area (Å²) >= 11 is 6.49. The second-order valence-corrected chi connectivity index (χ2v) is 9.94. The number of hydrogen-bond acceptors (Lipinski definition) is 6. The van der Waals surface area contributed by atoms with Gasteiger partial charge in [-0.1, -0.05) is 17.7 Å². The molecule has 3 saturated heterocycles. The summed E-state index contributed by atoms with van der Waals surface area (Å²) in [6.07, 6.45) is 1.52. The van der Waals surface area contributed by atoms with E-state index >= 15 is 0 Å². The van der Waals surface area contributed by atoms with Gasteiger partial charge in [0, 0.05) is 23.7 Å². The highest BCUT2D eigenvalue weighted by Gasteiger charge is 2.74. The van der Waals surface area contributed by atoms with Crippen molar-refractivity contribution in [2.45, 2.75) is 38.3 Å². The average molecular weight is 481 g/mol. The molecule has 0 saturated carbocycles. The first-order valence-corrected chi connectivity index (χ1v) is 11.6. The predicted octanol–water partition coefficient (Wildman–Crippen LogP) is 3.30. The van der Waals surface area contributed by atoms with Crippen LogP contribution in [-0.2, 0) is 19.9 Å². The number of anilines is 2. The Kier molecular flexibility index (Phi) is 4.29. The topological polar surface area (TPSA) is 113 Å². The van der Waals surface area contributed by atoms with Crippen molar-refractivity contribution in [2.24, 2.45) is 11.8 Å². The number of rotatable bonds is 2. The lowest BCUT2D eigenvalue weighted by Crippen LogP contribution is -2.54. The Hall–Kier alpha value is -3.30. The van der Waals surface area contributed by atoms with Gasteiger partial charge >= 0.3 is 0 Å². The van der Waals surface area contributed by atoms with Crippen molar-refractivity contribution in [3.8, 4) is 0 Å². The van der Waals surface area contributed by atoms with Crippen LogP contribution in [0.4, 0.5) is 17.1 Å². The van der Waals surface area contributed by atoms with Gasteiger partial charge in [0.05, 0.1) is 33.2 Å². The lowest BCUT2D eigenvalue weighted by molar-refractivity contribution is -0.384. The Balaban J connectivity index is 1.54. The summed E-state index contributed by atoms with van der Waals surface area (Å²) in [5, 5.41) is 14.5. The Morgan fingerprint density at radius 2 is 1.91 bits per heavy atom. The van der Waals surface area contributed by atoms with Gasteiger partial charge in [0.15, 0.2) is 0 Å². The number of nitro benzene ring substituents is 1. The van der Waals surface area contributed by atoms with Crippen LogP contribution in [0.5, 0.6) is 0 Å². The smallest absolute Gasteiger partial charge is 0.269 e. The van der Waals surface area contributed by atoms with Crippen molar-refractivity contribution in [2.75, 3.05) is 16.8 Å². The van der Waals surface area contributed by atoms with Crippen molar-refractivity contribution >= 4 is 46.4 Å². The van der Waals surface area contributed by atoms with E-state index in [1.54, 1.807) is 13.0 Å². The molecule has 6 rings (SSSR count). The standard InChI is InChI=1S/C24H21ClN4O5/c1-11-8-14-20(15(25)9-11)26-23(32)24(14)19-18(17-4-3-7-27(17)24)21(30)28(22(19)31)16-6-5-13(29(33)34)10-12(16)2/h5-6,8-10,17-19H,3-4,7H2,1-2H3,(H,26,32)/t17-,18-,19-,24+/m0/s1. The molecule has 4 heterocycles. The van der Waals surface area contributed by atoms with Crippen LogP contribution in [0.25, 0.3) is 0 Å². The Bertz CT molecular complexity index is 1340. The molecule has 9 nitrogen and oxygen atoms in total. The molecule has 10 heteroatoms. The quantitative estimate of drug-likeness (QED) is 0.401. The minimum absolute atomic E-state index is 0.117. The molecule has 174 valence electrons. The molecule has 1 spiro atoms. The van der Waals surface area contributed by atoms with E-state index in [9.17, 15) is 24.5 Å². The van der Waals surface area contributed by atoms with Crippen molar-refractivity contribution in [3.05, 3.63) is 62.2 Å². The Labute approximate surface area is 199 Å². The summed E-state index contributed by atoms with van der Waals surface area (Å²) in [5.41, 5.74) is 1.33. The lowest BCUT2D eigenvalue weighted by atomic mass is 9.75. The molecular weight excluding hydrogens is 460 g/mol. The molecule has 0 aromatic heterocycles. The molecule has 4 aliphatic rings. The van der Waals surface area contributed by atoms with Crippen LogP contribution in [0.2, 0.25) is 5.02 Å². The average Bonchev–Trinajstić information content (AvgIpc) is 3.48. The van der Waals surface area contributed by atoms with Crippen LogP contribution in [0.15, 0.2) is 30.3 Å². The van der Waals surface area contributed by atoms with E-state index in [0.717, 1.165) is 16.9 Å². The van der Waals surface area contributed by atoms with E-state index in [1.165, 1.54) is 18.2 Å². The minimum atomic E-state index is -1.31. The molecule has 0 bridgehead atoms. The highest BCUT2D eigenvalue weighted by Crippen LogP contribution is 2.61. The van der Waals surface area contributed by atoms with E-state index < -0.39 is 28.2 Å². The Morgan fingerprint density at radius 1 is 1.15 bits per heavy atom. The molecule has 3 amide bonds. The SMILES string of the molecule is Cc1cc(Cl)c2c(c1)[C@]1(C(=O)N2)[C@@H]2C(=O)N(c3ccc([N+](=O)[O-])cc3C)C(=O)[C@H]2[C@@H]2CCCN21. The fourth-order valence-corrected chi connectivity index (χ4v) is 6.96. The summed E-state index contributed by atoms with van der Waals surface area (Å²) < 4.78 is 0. The fraction of sp³-hybridized carbons (Fsp3) is 0.375. The van der Waals surface area contributed by atoms with E-state index in [4.69, 9.17) is 11.6 Å². The number of non-ortho nitro benzene ring substituents is 1. The second-order valence-electron chi connectivity index (χ2n) is 9.54. The third kappa shape index (κ3) is 2.40. The van der Waals surface area contributed by atoms with Gasteiger partial charge in [-0.3, -0.25) is 29.4 Å². The molecule has 2 aromatic rings. The maximum atomic E-state index is 14.0. The molecule has 34 heavy (non-hydrogen) atoms. The number of fused-ring (bicyclic) bond motifs is 7.